The number of alkyl carbamates (subject to hydrolysis) is 1. The van der Waals surface area contributed by atoms with E-state index in [1.54, 1.807) is 36.4 Å². The number of aliphatic hydroxyl groups is 2. The Kier molecular flexibility index (Phi) is 21.6. The molecule has 2 aliphatic heterocycles. The first-order chi connectivity index (χ1) is 29.5. The average molecular weight is 864 g/mol. The second kappa shape index (κ2) is 26.2. The van der Waals surface area contributed by atoms with Crippen molar-refractivity contribution in [1.82, 2.24) is 5.32 Å². The van der Waals surface area contributed by atoms with Crippen molar-refractivity contribution in [2.45, 2.75) is 153 Å². The molecule has 3 N–H and O–H groups in total. The molecule has 61 heavy (non-hydrogen) atoms. The molecule has 1 saturated carbocycles. The number of benzene rings is 1. The first kappa shape index (κ1) is 50.2. The number of rotatable bonds is 24. The Morgan fingerprint density at radius 2 is 1.44 bits per heavy atom. The smallest absolute Gasteiger partial charge is 0.407 e. The Bertz CT molecular complexity index is 1480. The van der Waals surface area contributed by atoms with Crippen LogP contribution < -0.4 is 5.32 Å². The van der Waals surface area contributed by atoms with Crippen LogP contribution in [0, 0.1) is 11.8 Å². The molecule has 1 aromatic carbocycles. The van der Waals surface area contributed by atoms with Crippen LogP contribution in [0.15, 0.2) is 55.6 Å². The summed E-state index contributed by atoms with van der Waals surface area (Å²) in [6, 6.07) is 6.83. The summed E-state index contributed by atoms with van der Waals surface area (Å²) < 4.78 is 61.9. The van der Waals surface area contributed by atoms with Crippen LogP contribution in [-0.4, -0.2) is 142 Å². The molecule has 16 nitrogen and oxygen atoms in total. The van der Waals surface area contributed by atoms with E-state index in [0.717, 1.165) is 38.5 Å². The van der Waals surface area contributed by atoms with Crippen molar-refractivity contribution in [1.29, 1.82) is 0 Å². The molecule has 0 aromatic heterocycles. The number of aliphatic hydroxyl groups excluding tert-OH is 2. The van der Waals surface area contributed by atoms with E-state index in [0.29, 0.717) is 26.2 Å². The van der Waals surface area contributed by atoms with Gasteiger partial charge in [0.1, 0.15) is 55.9 Å². The van der Waals surface area contributed by atoms with Gasteiger partial charge in [0, 0.05) is 25.7 Å². The quantitative estimate of drug-likeness (QED) is 0.0542. The molecule has 14 atom stereocenters. The van der Waals surface area contributed by atoms with Crippen LogP contribution in [0.4, 0.5) is 4.79 Å². The third kappa shape index (κ3) is 14.3. The summed E-state index contributed by atoms with van der Waals surface area (Å²) >= 11 is 0. The first-order valence-electron chi connectivity index (χ1n) is 21.8. The molecule has 1 aromatic rings. The normalized spacial score (nSPS) is 32.6. The summed E-state index contributed by atoms with van der Waals surface area (Å²) in [4.78, 5) is 39.0. The zero-order valence-corrected chi connectivity index (χ0v) is 36.4. The maximum Gasteiger partial charge on any atom is 0.407 e. The number of nitrogens with one attached hydrogen (secondary N) is 1. The van der Waals surface area contributed by atoms with Gasteiger partial charge in [0.15, 0.2) is 12.6 Å². The fraction of sp³-hybridized carbons (Fsp3) is 0.711. The predicted octanol–water partition coefficient (Wildman–Crippen LogP) is 5.03. The van der Waals surface area contributed by atoms with Gasteiger partial charge in [0.2, 0.25) is 0 Å². The molecule has 0 radical (unpaired) electrons. The maximum atomic E-state index is 13.2. The number of esters is 2. The molecule has 8 unspecified atom stereocenters. The van der Waals surface area contributed by atoms with Gasteiger partial charge in [-0.3, -0.25) is 4.79 Å². The van der Waals surface area contributed by atoms with E-state index in [-0.39, 0.29) is 18.6 Å². The van der Waals surface area contributed by atoms with Crippen LogP contribution in [0.2, 0.25) is 0 Å². The Labute approximate surface area is 360 Å². The molecule has 3 fully saturated rings. The highest BCUT2D eigenvalue weighted by molar-refractivity contribution is 5.89. The largest absolute Gasteiger partial charge is 0.469 e. The third-order valence-electron chi connectivity index (χ3n) is 11.2. The van der Waals surface area contributed by atoms with E-state index in [9.17, 15) is 24.6 Å². The van der Waals surface area contributed by atoms with Gasteiger partial charge >= 0.3 is 18.0 Å². The zero-order chi connectivity index (χ0) is 44.3. The molecule has 0 bridgehead atoms. The van der Waals surface area contributed by atoms with Gasteiger partial charge < -0.3 is 62.9 Å². The SMILES string of the molecule is C=CCOC(=O)NC1C(O)[C@@H](O)C(COC(=O)c2ccccc2)O[C@H]1O[C@@H]1CC(C(=O)OC)CC(C=C)[C@H]1OC1O[C@@H](C)C(OCCCC)C(OCCCC)[C@@H]1OCCCC. The molecule has 1 aliphatic carbocycles. The van der Waals surface area contributed by atoms with Crippen LogP contribution >= 0.6 is 0 Å². The van der Waals surface area contributed by atoms with Crippen molar-refractivity contribution < 1.29 is 72.0 Å². The monoisotopic (exact) mass is 863 g/mol. The predicted molar refractivity (Wildman–Crippen MR) is 222 cm³/mol. The molecular weight excluding hydrogens is 794 g/mol. The number of carbonyl (C=O) groups excluding carboxylic acids is 3. The lowest BCUT2D eigenvalue weighted by Gasteiger charge is -2.49. The van der Waals surface area contributed by atoms with E-state index in [1.165, 1.54) is 13.2 Å². The van der Waals surface area contributed by atoms with Crippen LogP contribution in [-0.2, 0) is 52.2 Å². The lowest BCUT2D eigenvalue weighted by atomic mass is 9.77. The minimum atomic E-state index is -1.70. The van der Waals surface area contributed by atoms with Crippen molar-refractivity contribution in [3.63, 3.8) is 0 Å². The van der Waals surface area contributed by atoms with Gasteiger partial charge in [0.25, 0.3) is 0 Å². The van der Waals surface area contributed by atoms with E-state index < -0.39 is 110 Å². The van der Waals surface area contributed by atoms with Crippen molar-refractivity contribution in [2.24, 2.45) is 11.8 Å². The highest BCUT2D eigenvalue weighted by Crippen LogP contribution is 2.40. The van der Waals surface area contributed by atoms with Gasteiger partial charge in [-0.2, -0.15) is 0 Å². The summed E-state index contributed by atoms with van der Waals surface area (Å²) in [5, 5.41) is 25.3. The number of amides is 1. The minimum absolute atomic E-state index is 0.0598. The van der Waals surface area contributed by atoms with Crippen LogP contribution in [0.3, 0.4) is 0 Å². The molecule has 3 aliphatic rings. The summed E-state index contributed by atoms with van der Waals surface area (Å²) in [6.45, 7) is 16.6. The first-order valence-corrected chi connectivity index (χ1v) is 21.8. The number of unbranched alkanes of at least 4 members (excludes halogenated alkanes) is 3. The molecule has 4 rings (SSSR count). The number of ether oxygens (including phenoxy) is 10. The van der Waals surface area contributed by atoms with Gasteiger partial charge in [-0.15, -0.1) is 6.58 Å². The summed E-state index contributed by atoms with van der Waals surface area (Å²) in [5.41, 5.74) is 0.269. The Morgan fingerprint density at radius 1 is 0.803 bits per heavy atom. The van der Waals surface area contributed by atoms with Gasteiger partial charge in [-0.1, -0.05) is 77.0 Å². The fourth-order valence-electron chi connectivity index (χ4n) is 7.72. The molecule has 16 heteroatoms. The summed E-state index contributed by atoms with van der Waals surface area (Å²) in [5.74, 6) is -2.35. The second-order valence-electron chi connectivity index (χ2n) is 15.7. The highest BCUT2D eigenvalue weighted by atomic mass is 16.7. The molecule has 2 heterocycles. The maximum absolute atomic E-state index is 13.2. The van der Waals surface area contributed by atoms with Crippen molar-refractivity contribution >= 4 is 18.0 Å². The van der Waals surface area contributed by atoms with Crippen molar-refractivity contribution in [3.8, 4) is 0 Å². The van der Waals surface area contributed by atoms with E-state index in [1.807, 2.05) is 6.92 Å². The van der Waals surface area contributed by atoms with Crippen LogP contribution in [0.5, 0.6) is 0 Å². The fourth-order valence-corrected chi connectivity index (χ4v) is 7.72. The summed E-state index contributed by atoms with van der Waals surface area (Å²) in [6.07, 6.45) is -3.50. The lowest BCUT2D eigenvalue weighted by Crippen LogP contribution is -2.66. The van der Waals surface area contributed by atoms with Crippen LogP contribution in [0.25, 0.3) is 0 Å². The minimum Gasteiger partial charge on any atom is -0.469 e. The molecule has 344 valence electrons. The molecule has 2 saturated heterocycles. The molecule has 0 spiro atoms. The third-order valence-corrected chi connectivity index (χ3v) is 11.2. The van der Waals surface area contributed by atoms with E-state index in [2.05, 4.69) is 39.2 Å². The molecule has 1 amide bonds. The van der Waals surface area contributed by atoms with Gasteiger partial charge in [0.05, 0.1) is 36.9 Å². The second-order valence-corrected chi connectivity index (χ2v) is 15.7. The Hall–Kier alpha value is -3.45. The van der Waals surface area contributed by atoms with Gasteiger partial charge in [-0.05, 0) is 51.2 Å². The lowest BCUT2D eigenvalue weighted by molar-refractivity contribution is -0.346. The van der Waals surface area contributed by atoms with Crippen molar-refractivity contribution in [3.05, 3.63) is 61.2 Å². The number of carbonyl (C=O) groups is 3. The van der Waals surface area contributed by atoms with E-state index >= 15 is 0 Å². The number of hydrogen-bond donors (Lipinski definition) is 3. The Morgan fingerprint density at radius 3 is 2.05 bits per heavy atom. The van der Waals surface area contributed by atoms with E-state index in [4.69, 9.17) is 47.4 Å². The topological polar surface area (TPSA) is 196 Å². The zero-order valence-electron chi connectivity index (χ0n) is 36.4. The number of methoxy groups -OCH3 is 1. The number of hydrogen-bond acceptors (Lipinski definition) is 15. The highest BCUT2D eigenvalue weighted by Gasteiger charge is 2.53. The van der Waals surface area contributed by atoms with Crippen LogP contribution in [0.1, 0.15) is 89.4 Å². The van der Waals surface area contributed by atoms with Crippen molar-refractivity contribution in [2.75, 3.05) is 40.1 Å². The van der Waals surface area contributed by atoms with Gasteiger partial charge in [-0.25, -0.2) is 9.59 Å². The molecular formula is C45H69NO15. The summed E-state index contributed by atoms with van der Waals surface area (Å²) in [7, 11) is 1.30. The standard InChI is InChI=1S/C45H69NO15/c1-8-13-22-53-37-28(6)58-44(40(55-24-15-10-3)39(37)54-23-14-9-2)61-38-29(12-5)25-31(41(49)52-7)26-32(38)59-43-34(46-45(51)56-21-11-4)36(48)35(47)33(60-43)27-57-42(50)30-19-17-16-18-20-30/h11-12,16-20,28-29,31-40,43-44,47-48H,4-5,8-10,13-15,21-27H2,1-3,6-7H3,(H,46,51)/t28-,29?,31?,32+,33?,34?,35-,36?,37?,38+,39?,40-,43+,44?/m0/s1. The Balaban J connectivity index is 1.70. The average Bonchev–Trinajstić information content (AvgIpc) is 3.27.